The van der Waals surface area contributed by atoms with Gasteiger partial charge in [-0.05, 0) is 56.6 Å². The Morgan fingerprint density at radius 3 is 2.83 bits per heavy atom. The van der Waals surface area contributed by atoms with Gasteiger partial charge in [0.1, 0.15) is 11.5 Å². The second-order valence-electron chi connectivity index (χ2n) is 6.98. The molecule has 24 heavy (non-hydrogen) atoms. The Hall–Kier alpha value is -1.81. The summed E-state index contributed by atoms with van der Waals surface area (Å²) in [6.07, 6.45) is 5.55. The van der Waals surface area contributed by atoms with E-state index in [-0.39, 0.29) is 17.4 Å². The Morgan fingerprint density at radius 2 is 2.17 bits per heavy atom. The van der Waals surface area contributed by atoms with Crippen LogP contribution in [0.2, 0.25) is 0 Å². The largest absolute Gasteiger partial charge is 0.496 e. The topological polar surface area (TPSA) is 38.8 Å². The number of rotatable bonds is 4. The molecule has 2 aliphatic rings. The summed E-state index contributed by atoms with van der Waals surface area (Å²) in [7, 11) is 3.87. The Morgan fingerprint density at radius 1 is 1.38 bits per heavy atom. The van der Waals surface area contributed by atoms with Gasteiger partial charge >= 0.3 is 5.97 Å². The Labute approximate surface area is 144 Å². The third kappa shape index (κ3) is 2.84. The number of fused-ring (bicyclic) bond motifs is 1. The first kappa shape index (κ1) is 17.0. The van der Waals surface area contributed by atoms with E-state index in [0.29, 0.717) is 6.42 Å². The summed E-state index contributed by atoms with van der Waals surface area (Å²) in [4.78, 5) is 14.0. The number of benzene rings is 1. The lowest BCUT2D eigenvalue weighted by atomic mass is 9.68. The van der Waals surface area contributed by atoms with Gasteiger partial charge in [-0.1, -0.05) is 19.1 Å². The van der Waals surface area contributed by atoms with Crippen LogP contribution in [0.3, 0.4) is 0 Å². The van der Waals surface area contributed by atoms with Crippen molar-refractivity contribution in [1.82, 2.24) is 4.90 Å². The molecule has 1 aliphatic heterocycles. The molecule has 1 aromatic rings. The summed E-state index contributed by atoms with van der Waals surface area (Å²) in [5.41, 5.74) is 2.64. The first-order chi connectivity index (χ1) is 11.5. The molecule has 4 heteroatoms. The van der Waals surface area contributed by atoms with E-state index in [1.54, 1.807) is 7.11 Å². The predicted molar refractivity (Wildman–Crippen MR) is 94.1 cm³/mol. The average Bonchev–Trinajstić information content (AvgIpc) is 2.92. The summed E-state index contributed by atoms with van der Waals surface area (Å²) in [6.45, 7) is 4.98. The fourth-order valence-corrected chi connectivity index (χ4v) is 4.20. The molecule has 0 amide bonds. The highest BCUT2D eigenvalue weighted by Crippen LogP contribution is 2.48. The molecule has 1 saturated heterocycles. The summed E-state index contributed by atoms with van der Waals surface area (Å²) < 4.78 is 10.9. The van der Waals surface area contributed by atoms with E-state index in [0.717, 1.165) is 37.3 Å². The van der Waals surface area contributed by atoms with E-state index in [1.807, 2.05) is 6.92 Å². The van der Waals surface area contributed by atoms with Crippen molar-refractivity contribution in [3.63, 3.8) is 0 Å². The van der Waals surface area contributed by atoms with Crippen LogP contribution in [0.4, 0.5) is 0 Å². The lowest BCUT2D eigenvalue weighted by Gasteiger charge is -2.40. The summed E-state index contributed by atoms with van der Waals surface area (Å²) in [5.74, 6) is 1.62. The number of likely N-dealkylation sites (tertiary alicyclic amines) is 1. The minimum Gasteiger partial charge on any atom is -0.496 e. The van der Waals surface area contributed by atoms with Crippen LogP contribution >= 0.6 is 0 Å². The Balaban J connectivity index is 1.94. The highest BCUT2D eigenvalue weighted by molar-refractivity contribution is 5.70. The SMILES string of the molecule is CCC(=O)OC1=C[C@@H]2N(C)CC[C@]2(c2ccc(OC)c(C)c2)CC1. The molecule has 3 rings (SSSR count). The Kier molecular flexibility index (Phi) is 4.68. The van der Waals surface area contributed by atoms with Crippen molar-refractivity contribution in [3.05, 3.63) is 41.2 Å². The van der Waals surface area contributed by atoms with Gasteiger partial charge < -0.3 is 9.47 Å². The second-order valence-corrected chi connectivity index (χ2v) is 6.98. The zero-order chi connectivity index (χ0) is 17.3. The molecule has 2 atom stereocenters. The molecular formula is C20H27NO3. The summed E-state index contributed by atoms with van der Waals surface area (Å²) in [5, 5.41) is 0. The standard InChI is InChI=1S/C20H27NO3/c1-5-19(22)24-16-8-9-20(10-11-21(3)18(20)13-16)15-6-7-17(23-4)14(2)12-15/h6-7,12-13,18H,5,8-11H2,1-4H3/t18-,20-/m0/s1. The van der Waals surface area contributed by atoms with Crippen LogP contribution in [0.15, 0.2) is 30.0 Å². The number of allylic oxidation sites excluding steroid dienone is 1. The van der Waals surface area contributed by atoms with Crippen LogP contribution < -0.4 is 4.74 Å². The highest BCUT2D eigenvalue weighted by atomic mass is 16.5. The highest BCUT2D eigenvalue weighted by Gasteiger charge is 2.48. The first-order valence-corrected chi connectivity index (χ1v) is 8.77. The van der Waals surface area contributed by atoms with E-state index >= 15 is 0 Å². The molecule has 0 saturated carbocycles. The van der Waals surface area contributed by atoms with Crippen molar-refractivity contribution in [2.24, 2.45) is 0 Å². The van der Waals surface area contributed by atoms with Gasteiger partial charge in [0.15, 0.2) is 0 Å². The van der Waals surface area contributed by atoms with Crippen molar-refractivity contribution in [2.45, 2.75) is 51.0 Å². The van der Waals surface area contributed by atoms with Crippen LogP contribution in [-0.4, -0.2) is 37.6 Å². The number of esters is 1. The van der Waals surface area contributed by atoms with Crippen LogP contribution in [0.1, 0.15) is 43.7 Å². The van der Waals surface area contributed by atoms with Crippen LogP contribution in [0.25, 0.3) is 0 Å². The monoisotopic (exact) mass is 329 g/mol. The number of aryl methyl sites for hydroxylation is 1. The molecule has 1 fully saturated rings. The van der Waals surface area contributed by atoms with Gasteiger partial charge in [0, 0.05) is 24.3 Å². The normalized spacial score (nSPS) is 26.7. The first-order valence-electron chi connectivity index (χ1n) is 8.77. The number of carbonyl (C=O) groups is 1. The molecule has 0 aromatic heterocycles. The van der Waals surface area contributed by atoms with E-state index in [4.69, 9.17) is 9.47 Å². The minimum absolute atomic E-state index is 0.105. The predicted octanol–water partition coefficient (Wildman–Crippen LogP) is 3.58. The number of hydrogen-bond acceptors (Lipinski definition) is 4. The number of nitrogens with zero attached hydrogens (tertiary/aromatic N) is 1. The number of hydrogen-bond donors (Lipinski definition) is 0. The van der Waals surface area contributed by atoms with Gasteiger partial charge in [0.05, 0.1) is 7.11 Å². The molecule has 0 radical (unpaired) electrons. The second kappa shape index (κ2) is 6.60. The van der Waals surface area contributed by atoms with Crippen molar-refractivity contribution < 1.29 is 14.3 Å². The van der Waals surface area contributed by atoms with Crippen LogP contribution in [0, 0.1) is 6.92 Å². The van der Waals surface area contributed by atoms with Crippen LogP contribution in [0.5, 0.6) is 5.75 Å². The Bertz CT molecular complexity index is 667. The fraction of sp³-hybridized carbons (Fsp3) is 0.550. The maximum Gasteiger partial charge on any atom is 0.310 e. The smallest absolute Gasteiger partial charge is 0.310 e. The fourth-order valence-electron chi connectivity index (χ4n) is 4.20. The number of carbonyl (C=O) groups excluding carboxylic acids is 1. The van der Waals surface area contributed by atoms with Crippen LogP contribution in [-0.2, 0) is 14.9 Å². The maximum absolute atomic E-state index is 11.6. The van der Waals surface area contributed by atoms with Crippen molar-refractivity contribution >= 4 is 5.97 Å². The third-order valence-corrected chi connectivity index (χ3v) is 5.62. The molecule has 0 bridgehead atoms. The number of ether oxygens (including phenoxy) is 2. The van der Waals surface area contributed by atoms with Gasteiger partial charge in [-0.2, -0.15) is 0 Å². The maximum atomic E-state index is 11.6. The molecule has 1 heterocycles. The lowest BCUT2D eigenvalue weighted by Crippen LogP contribution is -2.42. The van der Waals surface area contributed by atoms with E-state index in [1.165, 1.54) is 11.1 Å². The van der Waals surface area contributed by atoms with Gasteiger partial charge in [-0.15, -0.1) is 0 Å². The van der Waals surface area contributed by atoms with Gasteiger partial charge in [-0.3, -0.25) is 9.69 Å². The zero-order valence-electron chi connectivity index (χ0n) is 15.1. The van der Waals surface area contributed by atoms with Gasteiger partial charge in [-0.25, -0.2) is 0 Å². The average molecular weight is 329 g/mol. The molecule has 1 aliphatic carbocycles. The number of methoxy groups -OCH3 is 1. The molecule has 130 valence electrons. The van der Waals surface area contributed by atoms with Crippen molar-refractivity contribution in [3.8, 4) is 5.75 Å². The molecular weight excluding hydrogens is 302 g/mol. The summed E-state index contributed by atoms with van der Waals surface area (Å²) in [6, 6.07) is 6.82. The molecule has 0 N–H and O–H groups in total. The quantitative estimate of drug-likeness (QED) is 0.792. The van der Waals surface area contributed by atoms with Crippen molar-refractivity contribution in [1.29, 1.82) is 0 Å². The molecule has 4 nitrogen and oxygen atoms in total. The molecule has 0 spiro atoms. The summed E-state index contributed by atoms with van der Waals surface area (Å²) >= 11 is 0. The van der Waals surface area contributed by atoms with Gasteiger partial charge in [0.2, 0.25) is 0 Å². The van der Waals surface area contributed by atoms with E-state index < -0.39 is 0 Å². The molecule has 0 unspecified atom stereocenters. The number of likely N-dealkylation sites (N-methyl/N-ethyl adjacent to an activating group) is 1. The third-order valence-electron chi connectivity index (χ3n) is 5.62. The minimum atomic E-state index is -0.144. The van der Waals surface area contributed by atoms with Crippen molar-refractivity contribution in [2.75, 3.05) is 20.7 Å². The van der Waals surface area contributed by atoms with E-state index in [2.05, 4.69) is 43.1 Å². The van der Waals surface area contributed by atoms with E-state index in [9.17, 15) is 4.79 Å². The lowest BCUT2D eigenvalue weighted by molar-refractivity contribution is -0.139. The zero-order valence-corrected chi connectivity index (χ0v) is 15.1. The molecule has 1 aromatic carbocycles. The van der Waals surface area contributed by atoms with Gasteiger partial charge in [0.25, 0.3) is 0 Å².